The molecule has 1 aromatic heterocycles. The average molecular weight is 409 g/mol. The van der Waals surface area contributed by atoms with Gasteiger partial charge in [-0.1, -0.05) is 6.07 Å². The molecule has 5 heteroatoms. The Morgan fingerprint density at radius 1 is 1.13 bits per heavy atom. The van der Waals surface area contributed by atoms with Crippen molar-refractivity contribution in [2.45, 2.75) is 76.3 Å². The van der Waals surface area contributed by atoms with Crippen molar-refractivity contribution in [2.24, 2.45) is 28.6 Å². The molecule has 6 fully saturated rings. The second-order valence-electron chi connectivity index (χ2n) is 11.4. The minimum Gasteiger partial charge on any atom is -0.469 e. The fourth-order valence-electron chi connectivity index (χ4n) is 8.49. The van der Waals surface area contributed by atoms with Gasteiger partial charge in [-0.2, -0.15) is 0 Å². The summed E-state index contributed by atoms with van der Waals surface area (Å²) in [6, 6.07) is 6.68. The lowest BCUT2D eigenvalue weighted by molar-refractivity contribution is -0.206. The summed E-state index contributed by atoms with van der Waals surface area (Å²) in [5.41, 5.74) is 0.519. The van der Waals surface area contributed by atoms with E-state index in [0.717, 1.165) is 50.6 Å². The zero-order valence-corrected chi connectivity index (χ0v) is 18.3. The first kappa shape index (κ1) is 18.8. The van der Waals surface area contributed by atoms with Crippen LogP contribution in [0.2, 0.25) is 0 Å². The molecule has 1 saturated heterocycles. The second-order valence-corrected chi connectivity index (χ2v) is 11.4. The van der Waals surface area contributed by atoms with Crippen molar-refractivity contribution < 1.29 is 14.3 Å². The Morgan fingerprint density at radius 2 is 1.83 bits per heavy atom. The van der Waals surface area contributed by atoms with Crippen LogP contribution in [0.5, 0.6) is 0 Å². The molecule has 6 atom stereocenters. The average Bonchev–Trinajstić information content (AvgIpc) is 3.53. The number of hydrogen-bond acceptors (Lipinski definition) is 4. The van der Waals surface area contributed by atoms with E-state index < -0.39 is 0 Å². The molecule has 30 heavy (non-hydrogen) atoms. The molecule has 1 aliphatic heterocycles. The molecule has 2 heterocycles. The summed E-state index contributed by atoms with van der Waals surface area (Å²) in [5, 5.41) is 0. The highest BCUT2D eigenvalue weighted by Crippen LogP contribution is 2.66. The normalized spacial score (nSPS) is 42.0. The molecule has 1 aromatic rings. The van der Waals surface area contributed by atoms with Crippen LogP contribution in [0.25, 0.3) is 0 Å². The molecule has 5 unspecified atom stereocenters. The lowest BCUT2D eigenvalue weighted by Gasteiger charge is -2.67. The van der Waals surface area contributed by atoms with E-state index in [0.29, 0.717) is 23.7 Å². The number of amides is 1. The summed E-state index contributed by atoms with van der Waals surface area (Å²) in [4.78, 5) is 33.2. The topological polar surface area (TPSA) is 59.5 Å². The molecule has 1 amide bonds. The van der Waals surface area contributed by atoms with Crippen molar-refractivity contribution in [3.05, 3.63) is 30.1 Å². The van der Waals surface area contributed by atoms with Crippen LogP contribution in [0.15, 0.2) is 24.4 Å². The van der Waals surface area contributed by atoms with Crippen molar-refractivity contribution in [1.29, 1.82) is 0 Å². The van der Waals surface area contributed by atoms with E-state index in [1.807, 2.05) is 12.3 Å². The number of hydrogen-bond donors (Lipinski definition) is 0. The van der Waals surface area contributed by atoms with Crippen LogP contribution in [-0.4, -0.2) is 41.0 Å². The smallest absolute Gasteiger partial charge is 0.311 e. The van der Waals surface area contributed by atoms with Gasteiger partial charge in [0.1, 0.15) is 0 Å². The molecule has 5 aliphatic carbocycles. The number of aromatic nitrogens is 1. The summed E-state index contributed by atoms with van der Waals surface area (Å²) in [6.07, 6.45) is 9.20. The number of nitrogens with zero attached hydrogens (tertiary/aromatic N) is 2. The van der Waals surface area contributed by atoms with E-state index in [9.17, 15) is 9.59 Å². The molecule has 4 bridgehead atoms. The fourth-order valence-corrected chi connectivity index (χ4v) is 8.49. The molecular weight excluding hydrogens is 376 g/mol. The highest BCUT2D eigenvalue weighted by atomic mass is 16.5. The maximum absolute atomic E-state index is 13.5. The predicted molar refractivity (Wildman–Crippen MR) is 111 cm³/mol. The Labute approximate surface area is 178 Å². The molecule has 6 aliphatic rings. The lowest BCUT2D eigenvalue weighted by atomic mass is 9.46. The quantitative estimate of drug-likeness (QED) is 0.563. The number of carbonyl (C=O) groups is 2. The first-order valence-corrected chi connectivity index (χ1v) is 11.7. The maximum Gasteiger partial charge on any atom is 0.311 e. The summed E-state index contributed by atoms with van der Waals surface area (Å²) in [5.74, 6) is 1.76. The first-order valence-electron chi connectivity index (χ1n) is 11.7. The van der Waals surface area contributed by atoms with Gasteiger partial charge in [-0.05, 0) is 88.7 Å². The lowest BCUT2D eigenvalue weighted by Crippen LogP contribution is -2.77. The molecule has 7 rings (SSSR count). The van der Waals surface area contributed by atoms with Crippen LogP contribution in [0.4, 0.5) is 0 Å². The Bertz CT molecular complexity index is 890. The minimum atomic E-state index is -0.345. The number of β-lactam (4-membered cyclic amide) rings is 1. The summed E-state index contributed by atoms with van der Waals surface area (Å²) < 4.78 is 5.24. The van der Waals surface area contributed by atoms with E-state index in [4.69, 9.17) is 9.72 Å². The predicted octanol–water partition coefficient (Wildman–Crippen LogP) is 3.72. The second kappa shape index (κ2) is 5.86. The Kier molecular flexibility index (Phi) is 3.68. The number of ether oxygens (including phenoxy) is 1. The Morgan fingerprint density at radius 3 is 2.40 bits per heavy atom. The molecule has 5 saturated carbocycles. The largest absolute Gasteiger partial charge is 0.469 e. The van der Waals surface area contributed by atoms with Crippen LogP contribution in [-0.2, 0) is 19.7 Å². The van der Waals surface area contributed by atoms with Crippen LogP contribution >= 0.6 is 0 Å². The maximum atomic E-state index is 13.5. The zero-order valence-electron chi connectivity index (χ0n) is 18.3. The highest BCUT2D eigenvalue weighted by Gasteiger charge is 2.72. The van der Waals surface area contributed by atoms with Crippen molar-refractivity contribution in [1.82, 2.24) is 9.88 Å². The minimum absolute atomic E-state index is 0.00731. The number of methoxy groups -OCH3 is 1. The van der Waals surface area contributed by atoms with E-state index in [1.54, 1.807) is 0 Å². The van der Waals surface area contributed by atoms with Gasteiger partial charge in [0, 0.05) is 23.3 Å². The third kappa shape index (κ3) is 2.22. The van der Waals surface area contributed by atoms with Gasteiger partial charge >= 0.3 is 5.97 Å². The van der Waals surface area contributed by atoms with Crippen LogP contribution in [0.3, 0.4) is 0 Å². The van der Waals surface area contributed by atoms with Crippen LogP contribution in [0, 0.1) is 28.6 Å². The SMILES string of the molecule is COC(=O)C12CC3CC(C1)C(N1C(=O)C(C)(C)C1C1(c4ccccn4)CC1)[C@@H](C3)C2. The van der Waals surface area contributed by atoms with Gasteiger partial charge in [-0.15, -0.1) is 0 Å². The summed E-state index contributed by atoms with van der Waals surface area (Å²) in [7, 11) is 1.53. The molecule has 0 radical (unpaired) electrons. The van der Waals surface area contributed by atoms with E-state index in [2.05, 4.69) is 30.9 Å². The molecule has 5 nitrogen and oxygen atoms in total. The molecule has 0 aromatic carbocycles. The van der Waals surface area contributed by atoms with Gasteiger partial charge in [0.15, 0.2) is 0 Å². The Balaban J connectivity index is 1.36. The van der Waals surface area contributed by atoms with E-state index in [-0.39, 0.29) is 34.3 Å². The number of rotatable bonds is 4. The number of esters is 1. The van der Waals surface area contributed by atoms with Gasteiger partial charge in [0.2, 0.25) is 5.91 Å². The van der Waals surface area contributed by atoms with Crippen LogP contribution in [0.1, 0.15) is 64.5 Å². The van der Waals surface area contributed by atoms with Gasteiger partial charge in [-0.25, -0.2) is 0 Å². The molecule has 160 valence electrons. The van der Waals surface area contributed by atoms with Crippen molar-refractivity contribution in [3.8, 4) is 0 Å². The summed E-state index contributed by atoms with van der Waals surface area (Å²) >= 11 is 0. The molecule has 0 spiro atoms. The summed E-state index contributed by atoms with van der Waals surface area (Å²) in [6.45, 7) is 4.26. The molecule has 0 N–H and O–H groups in total. The standard InChI is InChI=1S/C25H32N2O3/c1-23(2)20(25(7-8-25)18-6-4-5-9-26-18)27(21(23)28)19-16-10-15-11-17(19)14-24(12-15,13-16)22(29)30-3/h4-6,9,15-17,19-20H,7-8,10-14H2,1-3H3/t15?,16-,17?,19?,20?,24?/m0/s1. The van der Waals surface area contributed by atoms with Crippen LogP contribution < -0.4 is 0 Å². The Hall–Kier alpha value is -1.91. The monoisotopic (exact) mass is 408 g/mol. The number of carbonyl (C=O) groups excluding carboxylic acids is 2. The third-order valence-corrected chi connectivity index (χ3v) is 9.40. The zero-order chi connectivity index (χ0) is 20.9. The van der Waals surface area contributed by atoms with Crippen molar-refractivity contribution in [2.75, 3.05) is 7.11 Å². The van der Waals surface area contributed by atoms with E-state index in [1.165, 1.54) is 7.11 Å². The van der Waals surface area contributed by atoms with Gasteiger partial charge in [0.25, 0.3) is 0 Å². The van der Waals surface area contributed by atoms with Gasteiger partial charge < -0.3 is 9.64 Å². The third-order valence-electron chi connectivity index (χ3n) is 9.40. The molecular formula is C25H32N2O3. The van der Waals surface area contributed by atoms with E-state index >= 15 is 0 Å². The number of pyridine rings is 1. The van der Waals surface area contributed by atoms with Crippen molar-refractivity contribution >= 4 is 11.9 Å². The highest BCUT2D eigenvalue weighted by molar-refractivity contribution is 5.91. The van der Waals surface area contributed by atoms with Gasteiger partial charge in [-0.3, -0.25) is 14.6 Å². The number of likely N-dealkylation sites (tertiary alicyclic amines) is 1. The van der Waals surface area contributed by atoms with Gasteiger partial charge in [0.05, 0.1) is 24.0 Å². The fraction of sp³-hybridized carbons (Fsp3) is 0.720. The first-order chi connectivity index (χ1) is 14.3. The van der Waals surface area contributed by atoms with Crippen molar-refractivity contribution in [3.63, 3.8) is 0 Å².